The summed E-state index contributed by atoms with van der Waals surface area (Å²) in [7, 11) is 0. The smallest absolute Gasteiger partial charge is 0.253 e. The van der Waals surface area contributed by atoms with E-state index in [0.29, 0.717) is 18.0 Å². The third-order valence-electron chi connectivity index (χ3n) is 6.41. The lowest BCUT2D eigenvalue weighted by Gasteiger charge is -2.46. The maximum atomic E-state index is 12.8. The molecule has 5 heteroatoms. The number of hydrogen-bond donors (Lipinski definition) is 1. The highest BCUT2D eigenvalue weighted by atomic mass is 16.5. The third kappa shape index (κ3) is 4.73. The fourth-order valence-electron chi connectivity index (χ4n) is 4.66. The SMILES string of the molecule is Cc1cccc(C(=O)N2CCC3(CC2)CC(CNC(=O)c2ccccc2)CCO3)c1. The Balaban J connectivity index is 1.30. The fraction of sp³-hybridized carbons (Fsp3) is 0.440. The van der Waals surface area contributed by atoms with Crippen LogP contribution in [0.25, 0.3) is 0 Å². The Bertz CT molecular complexity index is 888. The Morgan fingerprint density at radius 1 is 1.07 bits per heavy atom. The average Bonchev–Trinajstić information content (AvgIpc) is 2.78. The van der Waals surface area contributed by atoms with E-state index in [-0.39, 0.29) is 17.4 Å². The Kier molecular flexibility index (Phi) is 6.18. The molecule has 2 aliphatic heterocycles. The Hall–Kier alpha value is -2.66. The molecule has 0 aromatic heterocycles. The number of benzene rings is 2. The number of rotatable bonds is 4. The van der Waals surface area contributed by atoms with Gasteiger partial charge in [0.1, 0.15) is 0 Å². The van der Waals surface area contributed by atoms with Crippen LogP contribution in [0.2, 0.25) is 0 Å². The van der Waals surface area contributed by atoms with Crippen molar-refractivity contribution in [3.05, 3.63) is 71.3 Å². The zero-order valence-electron chi connectivity index (χ0n) is 17.6. The van der Waals surface area contributed by atoms with Gasteiger partial charge in [0.25, 0.3) is 11.8 Å². The van der Waals surface area contributed by atoms with Crippen LogP contribution < -0.4 is 5.32 Å². The van der Waals surface area contributed by atoms with E-state index < -0.39 is 0 Å². The monoisotopic (exact) mass is 406 g/mol. The van der Waals surface area contributed by atoms with Crippen LogP contribution in [-0.2, 0) is 4.74 Å². The van der Waals surface area contributed by atoms with E-state index in [1.807, 2.05) is 66.4 Å². The van der Waals surface area contributed by atoms with Gasteiger partial charge in [-0.15, -0.1) is 0 Å². The van der Waals surface area contributed by atoms with Crippen LogP contribution in [0.15, 0.2) is 54.6 Å². The molecule has 1 unspecified atom stereocenters. The highest BCUT2D eigenvalue weighted by Crippen LogP contribution is 2.37. The van der Waals surface area contributed by atoms with Gasteiger partial charge < -0.3 is 15.0 Å². The molecule has 2 amide bonds. The maximum absolute atomic E-state index is 12.8. The number of carbonyl (C=O) groups is 2. The largest absolute Gasteiger partial charge is 0.375 e. The molecule has 1 N–H and O–H groups in total. The van der Waals surface area contributed by atoms with Gasteiger partial charge in [-0.05, 0) is 62.8 Å². The Labute approximate surface area is 178 Å². The summed E-state index contributed by atoms with van der Waals surface area (Å²) >= 11 is 0. The molecule has 2 aromatic carbocycles. The Morgan fingerprint density at radius 3 is 2.53 bits per heavy atom. The molecule has 2 heterocycles. The quantitative estimate of drug-likeness (QED) is 0.840. The summed E-state index contributed by atoms with van der Waals surface area (Å²) in [4.78, 5) is 27.1. The lowest BCUT2D eigenvalue weighted by molar-refractivity contribution is -0.122. The average molecular weight is 407 g/mol. The van der Waals surface area contributed by atoms with Gasteiger partial charge in [0, 0.05) is 37.4 Å². The molecule has 2 aliphatic rings. The van der Waals surface area contributed by atoms with Crippen molar-refractivity contribution in [2.24, 2.45) is 5.92 Å². The van der Waals surface area contributed by atoms with Gasteiger partial charge in [-0.1, -0.05) is 35.9 Å². The van der Waals surface area contributed by atoms with Crippen LogP contribution in [-0.4, -0.2) is 48.6 Å². The highest BCUT2D eigenvalue weighted by molar-refractivity contribution is 5.94. The van der Waals surface area contributed by atoms with Gasteiger partial charge in [0.15, 0.2) is 0 Å². The van der Waals surface area contributed by atoms with Crippen molar-refractivity contribution in [1.29, 1.82) is 0 Å². The molecule has 0 radical (unpaired) electrons. The minimum Gasteiger partial charge on any atom is -0.375 e. The molecule has 2 fully saturated rings. The second-order valence-corrected chi connectivity index (χ2v) is 8.63. The first kappa shape index (κ1) is 20.6. The second kappa shape index (κ2) is 9.00. The van der Waals surface area contributed by atoms with Gasteiger partial charge in [0.05, 0.1) is 5.60 Å². The van der Waals surface area contributed by atoms with Crippen molar-refractivity contribution < 1.29 is 14.3 Å². The number of carbonyl (C=O) groups excluding carboxylic acids is 2. The van der Waals surface area contributed by atoms with Crippen molar-refractivity contribution in [3.8, 4) is 0 Å². The number of amides is 2. The number of aryl methyl sites for hydroxylation is 1. The second-order valence-electron chi connectivity index (χ2n) is 8.63. The molecule has 1 atom stereocenters. The van der Waals surface area contributed by atoms with Crippen molar-refractivity contribution >= 4 is 11.8 Å². The number of likely N-dealkylation sites (tertiary alicyclic amines) is 1. The van der Waals surface area contributed by atoms with Gasteiger partial charge >= 0.3 is 0 Å². The van der Waals surface area contributed by atoms with E-state index in [0.717, 1.165) is 56.5 Å². The van der Waals surface area contributed by atoms with Gasteiger partial charge in [-0.25, -0.2) is 0 Å². The Morgan fingerprint density at radius 2 is 1.80 bits per heavy atom. The zero-order chi connectivity index (χ0) is 21.0. The molecule has 158 valence electrons. The standard InChI is InChI=1S/C25H30N2O3/c1-19-6-5-9-22(16-19)24(29)27-13-11-25(12-14-27)17-20(10-15-30-25)18-26-23(28)21-7-3-2-4-8-21/h2-9,16,20H,10-15,17-18H2,1H3,(H,26,28). The molecule has 2 aromatic rings. The van der Waals surface area contributed by atoms with Crippen LogP contribution in [0.3, 0.4) is 0 Å². The molecule has 1 spiro atoms. The fourth-order valence-corrected chi connectivity index (χ4v) is 4.66. The van der Waals surface area contributed by atoms with Gasteiger partial charge in [-0.2, -0.15) is 0 Å². The molecule has 30 heavy (non-hydrogen) atoms. The van der Waals surface area contributed by atoms with E-state index in [4.69, 9.17) is 4.74 Å². The van der Waals surface area contributed by atoms with Gasteiger partial charge in [0.2, 0.25) is 0 Å². The summed E-state index contributed by atoms with van der Waals surface area (Å²) in [6.45, 7) is 4.84. The molecule has 4 rings (SSSR count). The summed E-state index contributed by atoms with van der Waals surface area (Å²) < 4.78 is 6.23. The molecule has 2 saturated heterocycles. The number of nitrogens with one attached hydrogen (secondary N) is 1. The summed E-state index contributed by atoms with van der Waals surface area (Å²) in [5.74, 6) is 0.496. The summed E-state index contributed by atoms with van der Waals surface area (Å²) in [6.07, 6.45) is 3.61. The third-order valence-corrected chi connectivity index (χ3v) is 6.41. The van der Waals surface area contributed by atoms with Crippen LogP contribution in [0.1, 0.15) is 52.0 Å². The predicted octanol–water partition coefficient (Wildman–Crippen LogP) is 3.83. The molecular formula is C25H30N2O3. The number of piperidine rings is 1. The topological polar surface area (TPSA) is 58.6 Å². The lowest BCUT2D eigenvalue weighted by Crippen LogP contribution is -2.51. The number of hydrogen-bond acceptors (Lipinski definition) is 3. The maximum Gasteiger partial charge on any atom is 0.253 e. The van der Waals surface area contributed by atoms with Crippen LogP contribution in [0, 0.1) is 12.8 Å². The van der Waals surface area contributed by atoms with Gasteiger partial charge in [-0.3, -0.25) is 9.59 Å². The minimum atomic E-state index is -0.163. The van der Waals surface area contributed by atoms with Crippen molar-refractivity contribution in [2.75, 3.05) is 26.2 Å². The van der Waals surface area contributed by atoms with E-state index in [9.17, 15) is 9.59 Å². The van der Waals surface area contributed by atoms with E-state index in [1.54, 1.807) is 0 Å². The van der Waals surface area contributed by atoms with Crippen molar-refractivity contribution in [1.82, 2.24) is 10.2 Å². The van der Waals surface area contributed by atoms with E-state index in [1.165, 1.54) is 0 Å². The predicted molar refractivity (Wildman–Crippen MR) is 116 cm³/mol. The minimum absolute atomic E-state index is 0.0188. The lowest BCUT2D eigenvalue weighted by atomic mass is 9.79. The van der Waals surface area contributed by atoms with E-state index >= 15 is 0 Å². The van der Waals surface area contributed by atoms with Crippen molar-refractivity contribution in [2.45, 2.75) is 38.2 Å². The summed E-state index contributed by atoms with van der Waals surface area (Å²) in [5, 5.41) is 3.09. The van der Waals surface area contributed by atoms with Crippen LogP contribution in [0.5, 0.6) is 0 Å². The number of ether oxygens (including phenoxy) is 1. The normalized spacial score (nSPS) is 20.7. The molecule has 0 bridgehead atoms. The first-order valence-electron chi connectivity index (χ1n) is 10.9. The van der Waals surface area contributed by atoms with E-state index in [2.05, 4.69) is 5.32 Å². The summed E-state index contributed by atoms with van der Waals surface area (Å²) in [6, 6.07) is 17.1. The zero-order valence-corrected chi connectivity index (χ0v) is 17.6. The number of nitrogens with zero attached hydrogens (tertiary/aromatic N) is 1. The first-order valence-corrected chi connectivity index (χ1v) is 10.9. The summed E-state index contributed by atoms with van der Waals surface area (Å²) in [5.41, 5.74) is 2.40. The molecule has 0 saturated carbocycles. The molecule has 0 aliphatic carbocycles. The first-order chi connectivity index (χ1) is 14.5. The van der Waals surface area contributed by atoms with Crippen LogP contribution in [0.4, 0.5) is 0 Å². The van der Waals surface area contributed by atoms with Crippen LogP contribution >= 0.6 is 0 Å². The molecular weight excluding hydrogens is 376 g/mol. The van der Waals surface area contributed by atoms with Crippen molar-refractivity contribution in [3.63, 3.8) is 0 Å². The highest BCUT2D eigenvalue weighted by Gasteiger charge is 2.41. The molecule has 5 nitrogen and oxygen atoms in total.